The molecule has 1 aromatic carbocycles. The molecule has 0 bridgehead atoms. The lowest BCUT2D eigenvalue weighted by molar-refractivity contribution is -0.154. The second-order valence-corrected chi connectivity index (χ2v) is 11.2. The SMILES string of the molecule is CNCCOCC(=O)N1C(C)(C)CC(N(C)c2ccc(-c3ccc(-c4cn[nH]c4)cc3O)nn2)CC1(C)C. The van der Waals surface area contributed by atoms with Gasteiger partial charge in [0.25, 0.3) is 0 Å². The Morgan fingerprint density at radius 3 is 2.47 bits per heavy atom. The number of hydrogen-bond acceptors (Lipinski definition) is 8. The molecule has 4 rings (SSSR count). The van der Waals surface area contributed by atoms with Crippen LogP contribution in [0.1, 0.15) is 40.5 Å². The number of likely N-dealkylation sites (N-methyl/N-ethyl adjacent to an activating group) is 1. The van der Waals surface area contributed by atoms with Gasteiger partial charge in [-0.1, -0.05) is 6.07 Å². The zero-order valence-electron chi connectivity index (χ0n) is 23.2. The smallest absolute Gasteiger partial charge is 0.249 e. The summed E-state index contributed by atoms with van der Waals surface area (Å²) in [6.45, 7) is 9.76. The first-order valence-electron chi connectivity index (χ1n) is 13.0. The Hall–Kier alpha value is -3.50. The summed E-state index contributed by atoms with van der Waals surface area (Å²) in [7, 11) is 3.89. The van der Waals surface area contributed by atoms with Gasteiger partial charge in [0, 0.05) is 48.0 Å². The number of phenols is 1. The second-order valence-electron chi connectivity index (χ2n) is 11.2. The number of aromatic amines is 1. The lowest BCUT2D eigenvalue weighted by Gasteiger charge is -2.56. The zero-order chi connectivity index (χ0) is 27.5. The second kappa shape index (κ2) is 11.1. The van der Waals surface area contributed by atoms with Crippen LogP contribution in [0.3, 0.4) is 0 Å². The molecule has 3 aromatic rings. The molecule has 2 aromatic heterocycles. The normalized spacial score (nSPS) is 16.9. The number of piperidine rings is 1. The van der Waals surface area contributed by atoms with Crippen molar-refractivity contribution in [1.82, 2.24) is 30.6 Å². The Labute approximate surface area is 224 Å². The first kappa shape index (κ1) is 27.5. The monoisotopic (exact) mass is 521 g/mol. The van der Waals surface area contributed by atoms with Crippen molar-refractivity contribution in [1.29, 1.82) is 0 Å². The molecule has 204 valence electrons. The summed E-state index contributed by atoms with van der Waals surface area (Å²) in [6.07, 6.45) is 5.06. The van der Waals surface area contributed by atoms with Gasteiger partial charge in [-0.25, -0.2) is 0 Å². The molecule has 1 aliphatic heterocycles. The van der Waals surface area contributed by atoms with E-state index in [9.17, 15) is 9.90 Å². The van der Waals surface area contributed by atoms with Crippen LogP contribution >= 0.6 is 0 Å². The first-order valence-corrected chi connectivity index (χ1v) is 13.0. The molecule has 1 fully saturated rings. The number of nitrogens with one attached hydrogen (secondary N) is 2. The van der Waals surface area contributed by atoms with Crippen molar-refractivity contribution in [2.45, 2.75) is 57.7 Å². The standard InChI is InChI=1S/C28H39N7O3/c1-27(2)14-21(15-28(3,4)35(27)26(37)18-38-12-11-29-5)34(6)25-10-9-23(32-33-25)22-8-7-19(13-24(22)36)20-16-30-31-17-20/h7-10,13,16-17,21,29,36H,11-12,14-15,18H2,1-6H3,(H,30,31). The lowest BCUT2D eigenvalue weighted by atomic mass is 9.76. The number of carbonyl (C=O) groups is 1. The third-order valence-corrected chi connectivity index (χ3v) is 7.32. The molecule has 0 spiro atoms. The van der Waals surface area contributed by atoms with Crippen LogP contribution in [0.2, 0.25) is 0 Å². The number of H-pyrrole nitrogens is 1. The molecule has 3 heterocycles. The van der Waals surface area contributed by atoms with E-state index in [1.54, 1.807) is 18.5 Å². The number of likely N-dealkylation sites (tertiary alicyclic amines) is 1. The fourth-order valence-electron chi connectivity index (χ4n) is 5.76. The maximum atomic E-state index is 13.1. The number of ether oxygens (including phenoxy) is 1. The van der Waals surface area contributed by atoms with Gasteiger partial charge in [0.2, 0.25) is 5.91 Å². The molecular weight excluding hydrogens is 482 g/mol. The molecule has 1 amide bonds. The van der Waals surface area contributed by atoms with Gasteiger partial charge in [-0.15, -0.1) is 10.2 Å². The number of phenolic OH excluding ortho intramolecular Hbond substituents is 1. The molecule has 0 unspecified atom stereocenters. The predicted molar refractivity (Wildman–Crippen MR) is 148 cm³/mol. The fourth-order valence-corrected chi connectivity index (χ4v) is 5.76. The van der Waals surface area contributed by atoms with E-state index in [4.69, 9.17) is 4.74 Å². The minimum atomic E-state index is -0.361. The molecule has 38 heavy (non-hydrogen) atoms. The summed E-state index contributed by atoms with van der Waals surface area (Å²) in [5.41, 5.74) is 2.25. The van der Waals surface area contributed by atoms with E-state index in [1.165, 1.54) is 0 Å². The highest BCUT2D eigenvalue weighted by atomic mass is 16.5. The van der Waals surface area contributed by atoms with E-state index in [1.807, 2.05) is 43.3 Å². The largest absolute Gasteiger partial charge is 0.507 e. The van der Waals surface area contributed by atoms with Crippen LogP contribution in [0.4, 0.5) is 5.82 Å². The van der Waals surface area contributed by atoms with Gasteiger partial charge in [0.1, 0.15) is 12.4 Å². The van der Waals surface area contributed by atoms with E-state index in [0.29, 0.717) is 24.4 Å². The van der Waals surface area contributed by atoms with Crippen molar-refractivity contribution in [2.75, 3.05) is 38.8 Å². The number of amides is 1. The van der Waals surface area contributed by atoms with Gasteiger partial charge in [0.05, 0.1) is 18.5 Å². The van der Waals surface area contributed by atoms with Crippen LogP contribution in [0, 0.1) is 0 Å². The predicted octanol–water partition coefficient (Wildman–Crippen LogP) is 3.46. The first-order chi connectivity index (χ1) is 18.0. The highest BCUT2D eigenvalue weighted by Crippen LogP contribution is 2.41. The molecule has 10 nitrogen and oxygen atoms in total. The Morgan fingerprint density at radius 1 is 1.16 bits per heavy atom. The topological polar surface area (TPSA) is 120 Å². The molecule has 0 radical (unpaired) electrons. The van der Waals surface area contributed by atoms with E-state index >= 15 is 0 Å². The van der Waals surface area contributed by atoms with Gasteiger partial charge < -0.3 is 25.0 Å². The van der Waals surface area contributed by atoms with Crippen molar-refractivity contribution in [3.63, 3.8) is 0 Å². The van der Waals surface area contributed by atoms with Gasteiger partial charge in [-0.3, -0.25) is 9.89 Å². The Balaban J connectivity index is 1.46. The van der Waals surface area contributed by atoms with E-state index < -0.39 is 0 Å². The third kappa shape index (κ3) is 5.81. The van der Waals surface area contributed by atoms with Crippen LogP contribution in [0.15, 0.2) is 42.7 Å². The Kier molecular flexibility index (Phi) is 8.03. The third-order valence-electron chi connectivity index (χ3n) is 7.32. The lowest BCUT2D eigenvalue weighted by Crippen LogP contribution is -2.66. The quantitative estimate of drug-likeness (QED) is 0.366. The molecule has 1 aliphatic rings. The van der Waals surface area contributed by atoms with E-state index in [0.717, 1.165) is 29.8 Å². The van der Waals surface area contributed by atoms with Crippen LogP contribution in [0.5, 0.6) is 5.75 Å². The number of benzene rings is 1. The zero-order valence-corrected chi connectivity index (χ0v) is 23.2. The number of anilines is 1. The van der Waals surface area contributed by atoms with Crippen molar-refractivity contribution >= 4 is 11.7 Å². The van der Waals surface area contributed by atoms with Gasteiger partial charge in [0.15, 0.2) is 5.82 Å². The summed E-state index contributed by atoms with van der Waals surface area (Å²) >= 11 is 0. The number of carbonyl (C=O) groups excluding carboxylic acids is 1. The molecular formula is C28H39N7O3. The summed E-state index contributed by atoms with van der Waals surface area (Å²) in [5.74, 6) is 0.893. The summed E-state index contributed by atoms with van der Waals surface area (Å²) in [6, 6.07) is 9.43. The van der Waals surface area contributed by atoms with Crippen molar-refractivity contribution in [3.8, 4) is 28.1 Å². The van der Waals surface area contributed by atoms with Gasteiger partial charge in [-0.2, -0.15) is 5.10 Å². The Morgan fingerprint density at radius 2 is 1.89 bits per heavy atom. The van der Waals surface area contributed by atoms with Crippen LogP contribution in [-0.4, -0.2) is 87.3 Å². The molecule has 0 aliphatic carbocycles. The maximum absolute atomic E-state index is 13.1. The minimum absolute atomic E-state index is 0.0138. The molecule has 1 saturated heterocycles. The number of nitrogens with zero attached hydrogens (tertiary/aromatic N) is 5. The summed E-state index contributed by atoms with van der Waals surface area (Å²) in [5, 5.41) is 29.3. The molecule has 0 atom stereocenters. The molecule has 3 N–H and O–H groups in total. The Bertz CT molecular complexity index is 1210. The van der Waals surface area contributed by atoms with Crippen molar-refractivity contribution in [2.24, 2.45) is 0 Å². The fraction of sp³-hybridized carbons (Fsp3) is 0.500. The van der Waals surface area contributed by atoms with Crippen LogP contribution in [-0.2, 0) is 9.53 Å². The number of hydrogen-bond donors (Lipinski definition) is 3. The van der Waals surface area contributed by atoms with E-state index in [-0.39, 0.29) is 35.4 Å². The van der Waals surface area contributed by atoms with Crippen molar-refractivity contribution in [3.05, 3.63) is 42.7 Å². The van der Waals surface area contributed by atoms with E-state index in [2.05, 4.69) is 58.3 Å². The number of rotatable bonds is 9. The van der Waals surface area contributed by atoms with Crippen LogP contribution < -0.4 is 10.2 Å². The molecule has 0 saturated carbocycles. The van der Waals surface area contributed by atoms with Gasteiger partial charge in [-0.05, 0) is 77.4 Å². The average Bonchev–Trinajstić information content (AvgIpc) is 3.40. The van der Waals surface area contributed by atoms with Crippen LogP contribution in [0.25, 0.3) is 22.4 Å². The number of aromatic hydroxyl groups is 1. The van der Waals surface area contributed by atoms with Gasteiger partial charge >= 0.3 is 0 Å². The number of aromatic nitrogens is 4. The summed E-state index contributed by atoms with van der Waals surface area (Å²) < 4.78 is 5.60. The highest BCUT2D eigenvalue weighted by molar-refractivity contribution is 5.79. The molecule has 10 heteroatoms. The van der Waals surface area contributed by atoms with Crippen molar-refractivity contribution < 1.29 is 14.6 Å². The maximum Gasteiger partial charge on any atom is 0.249 e. The highest BCUT2D eigenvalue weighted by Gasteiger charge is 2.48. The summed E-state index contributed by atoms with van der Waals surface area (Å²) in [4.78, 5) is 17.3. The average molecular weight is 522 g/mol. The minimum Gasteiger partial charge on any atom is -0.507 e.